The fourth-order valence-electron chi connectivity index (χ4n) is 7.10. The molecule has 0 saturated heterocycles. The van der Waals surface area contributed by atoms with E-state index in [-0.39, 0.29) is 17.1 Å². The summed E-state index contributed by atoms with van der Waals surface area (Å²) in [5.41, 5.74) is -1.12. The van der Waals surface area contributed by atoms with Gasteiger partial charge in [0.15, 0.2) is 0 Å². The van der Waals surface area contributed by atoms with E-state index in [0.717, 1.165) is 6.42 Å². The smallest absolute Gasteiger partial charge is 0.265 e. The average molecular weight is 586 g/mol. The molecular weight excluding hydrogens is 518 g/mol. The predicted molar refractivity (Wildman–Crippen MR) is 172 cm³/mol. The minimum absolute atomic E-state index is 0.0152. The van der Waals surface area contributed by atoms with E-state index in [1.807, 2.05) is 13.8 Å². The quantitative estimate of drug-likeness (QED) is 0.0954. The molecule has 0 aromatic heterocycles. The van der Waals surface area contributed by atoms with Gasteiger partial charge in [-0.05, 0) is 63.1 Å². The van der Waals surface area contributed by atoms with Crippen LogP contribution in [0.15, 0.2) is 0 Å². The van der Waals surface area contributed by atoms with Crippen molar-refractivity contribution in [3.63, 3.8) is 0 Å². The fraction of sp³-hybridized carbons (Fsp3) is 0.971. The number of carbonyl (C=O) groups excluding carboxylic acids is 1. The first-order valence-electron chi connectivity index (χ1n) is 17.2. The third-order valence-corrected chi connectivity index (χ3v) is 10.9. The number of nitrogens with zero attached hydrogens (tertiary/aromatic N) is 1. The number of carbonyl (C=O) groups is 1. The first-order valence-corrected chi connectivity index (χ1v) is 18.9. The van der Waals surface area contributed by atoms with Gasteiger partial charge in [-0.15, -0.1) is 0 Å². The number of hydrogen-bond donors (Lipinski definition) is 1. The fourth-order valence-corrected chi connectivity index (χ4v) is 8.40. The van der Waals surface area contributed by atoms with Crippen molar-refractivity contribution in [3.8, 4) is 0 Å². The Labute approximate surface area is 249 Å². The Balaban J connectivity index is 0.000000448. The van der Waals surface area contributed by atoms with Crippen LogP contribution in [0.1, 0.15) is 169 Å². The Hall–Kier alpha value is -0.460. The van der Waals surface area contributed by atoms with E-state index >= 15 is 0 Å². The molecule has 0 spiro atoms. The molecule has 0 radical (unpaired) electrons. The lowest BCUT2D eigenvalue weighted by Crippen LogP contribution is -2.42. The summed E-state index contributed by atoms with van der Waals surface area (Å²) in [7, 11) is -4.08. The highest BCUT2D eigenvalue weighted by Gasteiger charge is 2.65. The lowest BCUT2D eigenvalue weighted by atomic mass is 9.70. The Bertz CT molecular complexity index is 728. The third-order valence-electron chi connectivity index (χ3n) is 10.1. The van der Waals surface area contributed by atoms with Crippen LogP contribution in [0.3, 0.4) is 0 Å². The van der Waals surface area contributed by atoms with Crippen LogP contribution in [-0.2, 0) is 14.9 Å². The highest BCUT2D eigenvalue weighted by Crippen LogP contribution is 2.64. The second-order valence-electron chi connectivity index (χ2n) is 13.5. The molecule has 2 saturated carbocycles. The topological polar surface area (TPSA) is 74.7 Å². The van der Waals surface area contributed by atoms with Gasteiger partial charge in [0.2, 0.25) is 0 Å². The number of unbranched alkanes of at least 4 members (excludes halogenated alkanes) is 15. The molecule has 5 nitrogen and oxygen atoms in total. The van der Waals surface area contributed by atoms with E-state index in [9.17, 15) is 13.2 Å². The van der Waals surface area contributed by atoms with E-state index in [1.165, 1.54) is 135 Å². The molecule has 2 atom stereocenters. The Kier molecular flexibility index (Phi) is 19.2. The zero-order chi connectivity index (χ0) is 29.9. The lowest BCUT2D eigenvalue weighted by Gasteiger charge is -2.35. The van der Waals surface area contributed by atoms with Crippen molar-refractivity contribution in [1.82, 2.24) is 4.90 Å². The Morgan fingerprint density at radius 3 is 1.38 bits per heavy atom. The summed E-state index contributed by atoms with van der Waals surface area (Å²) in [6.07, 6.45) is 27.7. The molecule has 2 aliphatic rings. The molecule has 2 aliphatic carbocycles. The second-order valence-corrected chi connectivity index (χ2v) is 15.0. The van der Waals surface area contributed by atoms with Gasteiger partial charge < -0.3 is 4.90 Å². The van der Waals surface area contributed by atoms with E-state index in [4.69, 9.17) is 4.55 Å². The first kappa shape index (κ1) is 37.6. The maximum Gasteiger partial charge on any atom is 0.265 e. The van der Waals surface area contributed by atoms with E-state index in [0.29, 0.717) is 12.8 Å². The molecule has 0 aromatic rings. The van der Waals surface area contributed by atoms with Crippen molar-refractivity contribution < 1.29 is 17.8 Å². The highest BCUT2D eigenvalue weighted by atomic mass is 32.2. The molecule has 238 valence electrons. The average Bonchev–Trinajstić information content (AvgIpc) is 3.23. The molecule has 2 rings (SSSR count). The summed E-state index contributed by atoms with van der Waals surface area (Å²) in [5.74, 6) is -0.101. The van der Waals surface area contributed by atoms with Gasteiger partial charge in [-0.1, -0.05) is 131 Å². The van der Waals surface area contributed by atoms with Gasteiger partial charge in [0.05, 0.1) is 11.2 Å². The summed E-state index contributed by atoms with van der Waals surface area (Å²) in [6.45, 7) is 14.9. The molecule has 6 heteroatoms. The molecule has 0 aliphatic heterocycles. The zero-order valence-electron chi connectivity index (χ0n) is 27.3. The molecule has 2 fully saturated rings. The van der Waals surface area contributed by atoms with Crippen molar-refractivity contribution >= 4 is 15.9 Å². The van der Waals surface area contributed by atoms with E-state index < -0.39 is 21.3 Å². The van der Waals surface area contributed by atoms with Gasteiger partial charge in [0.1, 0.15) is 5.78 Å². The van der Waals surface area contributed by atoms with Crippen LogP contribution < -0.4 is 0 Å². The van der Waals surface area contributed by atoms with Gasteiger partial charge in [-0.3, -0.25) is 9.35 Å². The van der Waals surface area contributed by atoms with Gasteiger partial charge in [0.25, 0.3) is 10.1 Å². The minimum atomic E-state index is -4.08. The van der Waals surface area contributed by atoms with Crippen molar-refractivity contribution in [1.29, 1.82) is 0 Å². The normalized spacial score (nSPS) is 21.7. The van der Waals surface area contributed by atoms with Crippen LogP contribution in [0.5, 0.6) is 0 Å². The summed E-state index contributed by atoms with van der Waals surface area (Å²) < 4.78 is 31.0. The molecule has 2 unspecified atom stereocenters. The van der Waals surface area contributed by atoms with Crippen molar-refractivity contribution in [3.05, 3.63) is 0 Å². The summed E-state index contributed by atoms with van der Waals surface area (Å²) in [6, 6.07) is 0. The largest absolute Gasteiger partial charge is 0.303 e. The van der Waals surface area contributed by atoms with Gasteiger partial charge >= 0.3 is 0 Å². The SMILES string of the molecule is CC1(C)C2CCC1(CS(=O)(=O)O)C(=O)C2.CCCCCCCCN(CCCCCCCC)CCCCCCCC. The molecular formula is C34H67NO4S. The van der Waals surface area contributed by atoms with Crippen molar-refractivity contribution in [2.24, 2.45) is 16.7 Å². The molecule has 0 aromatic carbocycles. The maximum atomic E-state index is 11.9. The van der Waals surface area contributed by atoms with Crippen LogP contribution in [0, 0.1) is 16.7 Å². The Morgan fingerprint density at radius 1 is 0.700 bits per heavy atom. The standard InChI is InChI=1S/C24H51N.C10H16O4S/c1-4-7-10-13-16-19-22-25(23-20-17-14-11-8-5-2)24-21-18-15-12-9-6-3;1-9(2)7-3-4-10(9,8(11)5-7)6-15(12,13)14/h4-24H2,1-3H3;7H,3-6H2,1-2H3,(H,12,13,14). The zero-order valence-corrected chi connectivity index (χ0v) is 28.1. The van der Waals surface area contributed by atoms with Gasteiger partial charge in [-0.2, -0.15) is 8.42 Å². The second kappa shape index (κ2) is 20.4. The van der Waals surface area contributed by atoms with E-state index in [2.05, 4.69) is 25.7 Å². The molecule has 40 heavy (non-hydrogen) atoms. The molecule has 0 heterocycles. The monoisotopic (exact) mass is 585 g/mol. The van der Waals surface area contributed by atoms with Crippen LogP contribution in [-0.4, -0.2) is 49.0 Å². The number of fused-ring (bicyclic) bond motifs is 2. The highest BCUT2D eigenvalue weighted by molar-refractivity contribution is 7.85. The van der Waals surface area contributed by atoms with Gasteiger partial charge in [0, 0.05) is 6.42 Å². The predicted octanol–water partition coefficient (Wildman–Crippen LogP) is 9.64. The van der Waals surface area contributed by atoms with Crippen LogP contribution in [0.25, 0.3) is 0 Å². The summed E-state index contributed by atoms with van der Waals surface area (Å²) >= 11 is 0. The molecule has 0 amide bonds. The first-order chi connectivity index (χ1) is 19.0. The van der Waals surface area contributed by atoms with Crippen molar-refractivity contribution in [2.75, 3.05) is 25.4 Å². The molecule has 1 N–H and O–H groups in total. The third kappa shape index (κ3) is 13.7. The number of ketones is 1. The number of Topliss-reactive ketones (excluding diaryl/α,β-unsaturated/α-hetero) is 1. The van der Waals surface area contributed by atoms with Crippen LogP contribution in [0.2, 0.25) is 0 Å². The Morgan fingerprint density at radius 2 is 1.07 bits per heavy atom. The van der Waals surface area contributed by atoms with E-state index in [1.54, 1.807) is 0 Å². The lowest BCUT2D eigenvalue weighted by molar-refractivity contribution is -0.128. The summed E-state index contributed by atoms with van der Waals surface area (Å²) in [5, 5.41) is 0. The maximum absolute atomic E-state index is 11.9. The van der Waals surface area contributed by atoms with Crippen LogP contribution in [0.4, 0.5) is 0 Å². The van der Waals surface area contributed by atoms with Crippen molar-refractivity contribution in [2.45, 2.75) is 169 Å². The number of hydrogen-bond acceptors (Lipinski definition) is 4. The van der Waals surface area contributed by atoms with Crippen LogP contribution >= 0.6 is 0 Å². The summed E-state index contributed by atoms with van der Waals surface area (Å²) in [4.78, 5) is 14.7. The minimum Gasteiger partial charge on any atom is -0.303 e. The van der Waals surface area contributed by atoms with Gasteiger partial charge in [-0.25, -0.2) is 0 Å². The molecule has 2 bridgehead atoms. The number of rotatable bonds is 23.